The molecule has 1 aliphatic carbocycles. The van der Waals surface area contributed by atoms with Crippen molar-refractivity contribution in [2.45, 2.75) is 44.3 Å². The summed E-state index contributed by atoms with van der Waals surface area (Å²) in [6, 6.07) is 11.5. The SMILES string of the molecule is CN(Cc1ccccc1)C1CCC(NCC(=O)O)CC1. The Balaban J connectivity index is 1.74. The highest BCUT2D eigenvalue weighted by Gasteiger charge is 2.23. The van der Waals surface area contributed by atoms with Crippen LogP contribution in [-0.2, 0) is 11.3 Å². The number of hydrogen-bond donors (Lipinski definition) is 2. The summed E-state index contributed by atoms with van der Waals surface area (Å²) in [6.07, 6.45) is 4.41. The minimum atomic E-state index is -0.770. The fourth-order valence-electron chi connectivity index (χ4n) is 2.95. The largest absolute Gasteiger partial charge is 0.480 e. The van der Waals surface area contributed by atoms with E-state index in [-0.39, 0.29) is 6.54 Å². The topological polar surface area (TPSA) is 52.6 Å². The first kappa shape index (κ1) is 15.0. The second-order valence-corrected chi connectivity index (χ2v) is 5.68. The first-order valence-corrected chi connectivity index (χ1v) is 7.34. The highest BCUT2D eigenvalue weighted by molar-refractivity contribution is 5.69. The number of hydrogen-bond acceptors (Lipinski definition) is 3. The molecule has 1 aliphatic rings. The summed E-state index contributed by atoms with van der Waals surface area (Å²) >= 11 is 0. The minimum absolute atomic E-state index is 0.0786. The summed E-state index contributed by atoms with van der Waals surface area (Å²) in [4.78, 5) is 13.0. The van der Waals surface area contributed by atoms with E-state index in [1.165, 1.54) is 5.56 Å². The van der Waals surface area contributed by atoms with Crippen LogP contribution >= 0.6 is 0 Å². The van der Waals surface area contributed by atoms with Gasteiger partial charge < -0.3 is 10.4 Å². The van der Waals surface area contributed by atoms with Gasteiger partial charge in [0.25, 0.3) is 0 Å². The van der Waals surface area contributed by atoms with Crippen molar-refractivity contribution in [1.82, 2.24) is 10.2 Å². The van der Waals surface area contributed by atoms with Crippen LogP contribution in [0.2, 0.25) is 0 Å². The van der Waals surface area contributed by atoms with Crippen molar-refractivity contribution in [1.29, 1.82) is 0 Å². The Bertz CT molecular complexity index is 414. The van der Waals surface area contributed by atoms with Crippen LogP contribution in [0.4, 0.5) is 0 Å². The number of carboxylic acid groups (broad SMARTS) is 1. The Hall–Kier alpha value is -1.39. The van der Waals surface area contributed by atoms with Crippen molar-refractivity contribution < 1.29 is 9.90 Å². The monoisotopic (exact) mass is 276 g/mol. The third kappa shape index (κ3) is 4.62. The number of nitrogens with one attached hydrogen (secondary N) is 1. The van der Waals surface area contributed by atoms with E-state index in [0.717, 1.165) is 32.2 Å². The second-order valence-electron chi connectivity index (χ2n) is 5.68. The number of carboxylic acids is 1. The maximum atomic E-state index is 10.5. The molecule has 20 heavy (non-hydrogen) atoms. The molecule has 110 valence electrons. The zero-order chi connectivity index (χ0) is 14.4. The first-order valence-electron chi connectivity index (χ1n) is 7.34. The summed E-state index contributed by atoms with van der Waals surface area (Å²) < 4.78 is 0. The summed E-state index contributed by atoms with van der Waals surface area (Å²) in [7, 11) is 2.18. The van der Waals surface area contributed by atoms with Gasteiger partial charge in [0, 0.05) is 18.6 Å². The van der Waals surface area contributed by atoms with Gasteiger partial charge in [0.15, 0.2) is 0 Å². The fraction of sp³-hybridized carbons (Fsp3) is 0.562. The van der Waals surface area contributed by atoms with Crippen molar-refractivity contribution in [3.05, 3.63) is 35.9 Å². The lowest BCUT2D eigenvalue weighted by molar-refractivity contribution is -0.136. The van der Waals surface area contributed by atoms with Crippen molar-refractivity contribution in [2.75, 3.05) is 13.6 Å². The molecule has 2 rings (SSSR count). The van der Waals surface area contributed by atoms with E-state index >= 15 is 0 Å². The van der Waals surface area contributed by atoms with Gasteiger partial charge in [-0.15, -0.1) is 0 Å². The molecule has 0 bridgehead atoms. The van der Waals surface area contributed by atoms with Gasteiger partial charge in [-0.2, -0.15) is 0 Å². The molecule has 0 heterocycles. The van der Waals surface area contributed by atoms with Crippen LogP contribution in [0.5, 0.6) is 0 Å². The van der Waals surface area contributed by atoms with Crippen LogP contribution < -0.4 is 5.32 Å². The van der Waals surface area contributed by atoms with E-state index in [2.05, 4.69) is 41.5 Å². The van der Waals surface area contributed by atoms with E-state index in [9.17, 15) is 4.79 Å². The molecule has 0 amide bonds. The highest BCUT2D eigenvalue weighted by Crippen LogP contribution is 2.23. The van der Waals surface area contributed by atoms with Gasteiger partial charge in [-0.1, -0.05) is 30.3 Å². The Kier molecular flexibility index (Phi) is 5.56. The molecule has 0 spiro atoms. The minimum Gasteiger partial charge on any atom is -0.480 e. The van der Waals surface area contributed by atoms with Crippen molar-refractivity contribution >= 4 is 5.97 Å². The maximum absolute atomic E-state index is 10.5. The maximum Gasteiger partial charge on any atom is 0.317 e. The van der Waals surface area contributed by atoms with E-state index in [0.29, 0.717) is 12.1 Å². The second kappa shape index (κ2) is 7.41. The lowest BCUT2D eigenvalue weighted by Gasteiger charge is -2.35. The molecular formula is C16H24N2O2. The molecule has 0 aromatic heterocycles. The van der Waals surface area contributed by atoms with E-state index in [1.54, 1.807) is 0 Å². The third-order valence-electron chi connectivity index (χ3n) is 4.14. The van der Waals surface area contributed by atoms with Gasteiger partial charge in [-0.05, 0) is 38.3 Å². The lowest BCUT2D eigenvalue weighted by Crippen LogP contribution is -2.41. The molecule has 0 radical (unpaired) electrons. The van der Waals surface area contributed by atoms with Crippen LogP contribution in [0.3, 0.4) is 0 Å². The van der Waals surface area contributed by atoms with Gasteiger partial charge in [-0.25, -0.2) is 0 Å². The standard InChI is InChI=1S/C16H24N2O2/c1-18(12-13-5-3-2-4-6-13)15-9-7-14(8-10-15)17-11-16(19)20/h2-6,14-15,17H,7-12H2,1H3,(H,19,20). The highest BCUT2D eigenvalue weighted by atomic mass is 16.4. The normalized spacial score (nSPS) is 22.9. The van der Waals surface area contributed by atoms with Crippen LogP contribution in [0, 0.1) is 0 Å². The van der Waals surface area contributed by atoms with Crippen LogP contribution in [0.25, 0.3) is 0 Å². The zero-order valence-electron chi connectivity index (χ0n) is 12.1. The van der Waals surface area contributed by atoms with Gasteiger partial charge in [0.05, 0.1) is 6.54 Å². The molecule has 4 nitrogen and oxygen atoms in total. The smallest absolute Gasteiger partial charge is 0.317 e. The quantitative estimate of drug-likeness (QED) is 0.835. The molecule has 1 aromatic rings. The van der Waals surface area contributed by atoms with Gasteiger partial charge in [-0.3, -0.25) is 9.69 Å². The fourth-order valence-corrected chi connectivity index (χ4v) is 2.95. The average Bonchev–Trinajstić information content (AvgIpc) is 2.46. The molecule has 0 saturated heterocycles. The van der Waals surface area contributed by atoms with Crippen LogP contribution in [0.1, 0.15) is 31.2 Å². The van der Waals surface area contributed by atoms with E-state index in [1.807, 2.05) is 6.07 Å². The summed E-state index contributed by atoms with van der Waals surface area (Å²) in [5, 5.41) is 11.8. The number of aliphatic carboxylic acids is 1. The van der Waals surface area contributed by atoms with Crippen molar-refractivity contribution in [2.24, 2.45) is 0 Å². The van der Waals surface area contributed by atoms with Crippen molar-refractivity contribution in [3.63, 3.8) is 0 Å². The number of nitrogens with zero attached hydrogens (tertiary/aromatic N) is 1. The molecule has 1 fully saturated rings. The van der Waals surface area contributed by atoms with Gasteiger partial charge in [0.1, 0.15) is 0 Å². The molecule has 2 N–H and O–H groups in total. The Morgan fingerprint density at radius 3 is 2.50 bits per heavy atom. The third-order valence-corrected chi connectivity index (χ3v) is 4.14. The molecule has 4 heteroatoms. The molecule has 1 saturated carbocycles. The number of benzene rings is 1. The Morgan fingerprint density at radius 2 is 1.90 bits per heavy atom. The predicted octanol–water partition coefficient (Wildman–Crippen LogP) is 2.10. The zero-order valence-corrected chi connectivity index (χ0v) is 12.1. The number of rotatable bonds is 6. The van der Waals surface area contributed by atoms with Crippen LogP contribution in [-0.4, -0.2) is 41.7 Å². The van der Waals surface area contributed by atoms with Gasteiger partial charge in [0.2, 0.25) is 0 Å². The molecular weight excluding hydrogens is 252 g/mol. The van der Waals surface area contributed by atoms with E-state index < -0.39 is 5.97 Å². The predicted molar refractivity (Wildman–Crippen MR) is 79.6 cm³/mol. The van der Waals surface area contributed by atoms with Crippen LogP contribution in [0.15, 0.2) is 30.3 Å². The molecule has 1 aromatic carbocycles. The van der Waals surface area contributed by atoms with Crippen molar-refractivity contribution in [3.8, 4) is 0 Å². The summed E-state index contributed by atoms with van der Waals surface area (Å²) in [5.41, 5.74) is 1.35. The number of carbonyl (C=O) groups is 1. The molecule has 0 unspecified atom stereocenters. The molecule has 0 aliphatic heterocycles. The first-order chi connectivity index (χ1) is 9.65. The lowest BCUT2D eigenvalue weighted by atomic mass is 9.90. The van der Waals surface area contributed by atoms with Gasteiger partial charge >= 0.3 is 5.97 Å². The Labute approximate surface area is 120 Å². The summed E-state index contributed by atoms with van der Waals surface area (Å²) in [5.74, 6) is -0.770. The molecule has 0 atom stereocenters. The van der Waals surface area contributed by atoms with E-state index in [4.69, 9.17) is 5.11 Å². The average molecular weight is 276 g/mol. The summed E-state index contributed by atoms with van der Waals surface area (Å²) in [6.45, 7) is 1.06. The Morgan fingerprint density at radius 1 is 1.25 bits per heavy atom.